The van der Waals surface area contributed by atoms with Crippen LogP contribution in [0.3, 0.4) is 0 Å². The molecule has 1 aromatic heterocycles. The van der Waals surface area contributed by atoms with Gasteiger partial charge in [-0.15, -0.1) is 11.3 Å². The molecule has 0 fully saturated rings. The molecule has 2 aromatic carbocycles. The van der Waals surface area contributed by atoms with Crippen LogP contribution in [0, 0.1) is 0 Å². The molecular formula is C24H25N3O2S. The van der Waals surface area contributed by atoms with Crippen molar-refractivity contribution in [1.82, 2.24) is 5.32 Å². The quantitative estimate of drug-likeness (QED) is 0.624. The molecule has 1 aliphatic heterocycles. The van der Waals surface area contributed by atoms with Crippen molar-refractivity contribution < 1.29 is 9.59 Å². The molecule has 6 heteroatoms. The van der Waals surface area contributed by atoms with Crippen molar-refractivity contribution in [3.05, 3.63) is 82.0 Å². The van der Waals surface area contributed by atoms with E-state index in [1.165, 1.54) is 5.56 Å². The Hall–Kier alpha value is -2.96. The lowest BCUT2D eigenvalue weighted by Gasteiger charge is -2.32. The molecule has 0 aliphatic carbocycles. The van der Waals surface area contributed by atoms with E-state index >= 15 is 0 Å². The van der Waals surface area contributed by atoms with Crippen molar-refractivity contribution in [3.63, 3.8) is 0 Å². The van der Waals surface area contributed by atoms with Gasteiger partial charge in [0.2, 0.25) is 11.8 Å². The van der Waals surface area contributed by atoms with E-state index in [0.29, 0.717) is 5.69 Å². The average Bonchev–Trinajstić information content (AvgIpc) is 3.31. The summed E-state index contributed by atoms with van der Waals surface area (Å²) in [6, 6.07) is 19.4. The van der Waals surface area contributed by atoms with Crippen LogP contribution in [0.15, 0.2) is 66.0 Å². The van der Waals surface area contributed by atoms with Crippen LogP contribution >= 0.6 is 11.3 Å². The van der Waals surface area contributed by atoms with Gasteiger partial charge in [-0.25, -0.2) is 0 Å². The van der Waals surface area contributed by atoms with Crippen LogP contribution in [-0.2, 0) is 16.0 Å². The number of aryl methyl sites for hydroxylation is 1. The first-order chi connectivity index (χ1) is 14.6. The number of para-hydroxylation sites is 2. The fourth-order valence-electron chi connectivity index (χ4n) is 3.73. The van der Waals surface area contributed by atoms with Crippen LogP contribution in [0.25, 0.3) is 0 Å². The summed E-state index contributed by atoms with van der Waals surface area (Å²) in [6.07, 6.45) is 0.989. The summed E-state index contributed by atoms with van der Waals surface area (Å²) in [5.41, 5.74) is 3.80. The molecule has 0 saturated heterocycles. The minimum atomic E-state index is -0.470. The number of nitrogens with one attached hydrogen (secondary N) is 2. The maximum absolute atomic E-state index is 13.3. The van der Waals surface area contributed by atoms with Crippen molar-refractivity contribution in [2.45, 2.75) is 32.4 Å². The minimum absolute atomic E-state index is 0.0245. The fraction of sp³-hybridized carbons (Fsp3) is 0.250. The first-order valence-corrected chi connectivity index (χ1v) is 11.0. The van der Waals surface area contributed by atoms with Gasteiger partial charge in [-0.3, -0.25) is 19.8 Å². The van der Waals surface area contributed by atoms with E-state index < -0.39 is 6.04 Å². The third-order valence-corrected chi connectivity index (χ3v) is 6.31. The number of anilines is 2. The third-order valence-electron chi connectivity index (χ3n) is 5.37. The Balaban J connectivity index is 1.59. The standard InChI is InChI=1S/C24H25N3O2S/c1-3-17-10-12-18(13-11-17)23(21-9-6-14-30-21)25-16(2)24(29)27-15-22(28)26-19-7-4-5-8-20(19)27/h4-14,16,23,25H,3,15H2,1-2H3,(H,26,28)/t16-,23-/m0/s1. The second-order valence-corrected chi connectivity index (χ2v) is 8.40. The molecular weight excluding hydrogens is 394 g/mol. The number of rotatable bonds is 6. The Morgan fingerprint density at radius 2 is 1.90 bits per heavy atom. The summed E-state index contributed by atoms with van der Waals surface area (Å²) in [5.74, 6) is -0.303. The number of hydrogen-bond donors (Lipinski definition) is 2. The van der Waals surface area contributed by atoms with E-state index in [0.717, 1.165) is 22.5 Å². The van der Waals surface area contributed by atoms with Crippen LogP contribution in [0.2, 0.25) is 0 Å². The summed E-state index contributed by atoms with van der Waals surface area (Å²) in [7, 11) is 0. The molecule has 2 amide bonds. The molecule has 1 aliphatic rings. The van der Waals surface area contributed by atoms with E-state index in [2.05, 4.69) is 47.9 Å². The number of fused-ring (bicyclic) bond motifs is 1. The first-order valence-electron chi connectivity index (χ1n) is 10.2. The van der Waals surface area contributed by atoms with Crippen molar-refractivity contribution in [1.29, 1.82) is 0 Å². The number of thiophene rings is 1. The summed E-state index contributed by atoms with van der Waals surface area (Å²) in [4.78, 5) is 28.2. The summed E-state index contributed by atoms with van der Waals surface area (Å²) < 4.78 is 0. The molecule has 4 rings (SSSR count). The number of carbonyl (C=O) groups excluding carboxylic acids is 2. The van der Waals surface area contributed by atoms with Gasteiger partial charge in [0.25, 0.3) is 0 Å². The van der Waals surface area contributed by atoms with Crippen LogP contribution in [0.5, 0.6) is 0 Å². The van der Waals surface area contributed by atoms with Gasteiger partial charge in [0.15, 0.2) is 0 Å². The molecule has 0 bridgehead atoms. The smallest absolute Gasteiger partial charge is 0.244 e. The lowest BCUT2D eigenvalue weighted by Crippen LogP contribution is -2.50. The number of amides is 2. The molecule has 2 atom stereocenters. The Kier molecular flexibility index (Phi) is 5.97. The van der Waals surface area contributed by atoms with Gasteiger partial charge < -0.3 is 5.32 Å². The number of nitrogens with zero attached hydrogens (tertiary/aromatic N) is 1. The zero-order chi connectivity index (χ0) is 21.1. The minimum Gasteiger partial charge on any atom is -0.323 e. The summed E-state index contributed by atoms with van der Waals surface area (Å²) >= 11 is 1.66. The van der Waals surface area contributed by atoms with E-state index in [-0.39, 0.29) is 24.4 Å². The van der Waals surface area contributed by atoms with Crippen molar-refractivity contribution in [2.75, 3.05) is 16.8 Å². The molecule has 0 unspecified atom stereocenters. The summed E-state index contributed by atoms with van der Waals surface area (Å²) in [5, 5.41) is 8.38. The lowest BCUT2D eigenvalue weighted by molar-refractivity contribution is -0.123. The third kappa shape index (κ3) is 4.15. The van der Waals surface area contributed by atoms with E-state index in [1.54, 1.807) is 16.2 Å². The van der Waals surface area contributed by atoms with Gasteiger partial charge in [0.05, 0.1) is 23.5 Å². The van der Waals surface area contributed by atoms with Gasteiger partial charge in [-0.05, 0) is 48.1 Å². The van der Waals surface area contributed by atoms with Gasteiger partial charge in [0.1, 0.15) is 6.54 Å². The van der Waals surface area contributed by atoms with Gasteiger partial charge in [-0.1, -0.05) is 49.4 Å². The first kappa shape index (κ1) is 20.3. The van der Waals surface area contributed by atoms with Crippen molar-refractivity contribution >= 4 is 34.5 Å². The molecule has 2 heterocycles. The molecule has 2 N–H and O–H groups in total. The van der Waals surface area contributed by atoms with Gasteiger partial charge >= 0.3 is 0 Å². The molecule has 0 saturated carbocycles. The topological polar surface area (TPSA) is 61.4 Å². The Morgan fingerprint density at radius 1 is 1.13 bits per heavy atom. The van der Waals surface area contributed by atoms with Gasteiger partial charge in [-0.2, -0.15) is 0 Å². The van der Waals surface area contributed by atoms with Gasteiger partial charge in [0, 0.05) is 4.88 Å². The van der Waals surface area contributed by atoms with Crippen LogP contribution in [-0.4, -0.2) is 24.4 Å². The average molecular weight is 420 g/mol. The fourth-order valence-corrected chi connectivity index (χ4v) is 4.54. The molecule has 0 spiro atoms. The van der Waals surface area contributed by atoms with Crippen molar-refractivity contribution in [2.24, 2.45) is 0 Å². The number of carbonyl (C=O) groups is 2. The van der Waals surface area contributed by atoms with Crippen LogP contribution in [0.1, 0.15) is 35.9 Å². The molecule has 0 radical (unpaired) electrons. The van der Waals surface area contributed by atoms with E-state index in [9.17, 15) is 9.59 Å². The summed E-state index contributed by atoms with van der Waals surface area (Å²) in [6.45, 7) is 4.02. The second kappa shape index (κ2) is 8.81. The predicted molar refractivity (Wildman–Crippen MR) is 122 cm³/mol. The Bertz CT molecular complexity index is 1030. The monoisotopic (exact) mass is 419 g/mol. The van der Waals surface area contributed by atoms with E-state index in [1.807, 2.05) is 42.6 Å². The zero-order valence-corrected chi connectivity index (χ0v) is 17.9. The predicted octanol–water partition coefficient (Wildman–Crippen LogP) is 4.36. The highest BCUT2D eigenvalue weighted by atomic mass is 32.1. The second-order valence-electron chi connectivity index (χ2n) is 7.42. The largest absolute Gasteiger partial charge is 0.323 e. The Labute approximate surface area is 180 Å². The highest BCUT2D eigenvalue weighted by molar-refractivity contribution is 7.10. The Morgan fingerprint density at radius 3 is 2.60 bits per heavy atom. The molecule has 154 valence electrons. The maximum Gasteiger partial charge on any atom is 0.244 e. The molecule has 3 aromatic rings. The van der Waals surface area contributed by atoms with Crippen LogP contribution in [0.4, 0.5) is 11.4 Å². The van der Waals surface area contributed by atoms with E-state index in [4.69, 9.17) is 0 Å². The zero-order valence-electron chi connectivity index (χ0n) is 17.1. The highest BCUT2D eigenvalue weighted by Crippen LogP contribution is 2.31. The number of hydrogen-bond acceptors (Lipinski definition) is 4. The SMILES string of the molecule is CCc1ccc([C@H](N[C@@H](C)C(=O)N2CC(=O)Nc3ccccc32)c2cccs2)cc1. The maximum atomic E-state index is 13.3. The molecule has 30 heavy (non-hydrogen) atoms. The molecule has 5 nitrogen and oxygen atoms in total. The highest BCUT2D eigenvalue weighted by Gasteiger charge is 2.31. The number of benzene rings is 2. The van der Waals surface area contributed by atoms with Crippen molar-refractivity contribution in [3.8, 4) is 0 Å². The lowest BCUT2D eigenvalue weighted by atomic mass is 10.0. The normalized spacial score (nSPS) is 15.3. The van der Waals surface area contributed by atoms with Crippen LogP contribution < -0.4 is 15.5 Å².